The normalized spacial score (nSPS) is 14.4. The van der Waals surface area contributed by atoms with E-state index < -0.39 is 0 Å². The van der Waals surface area contributed by atoms with Gasteiger partial charge < -0.3 is 9.80 Å². The van der Waals surface area contributed by atoms with E-state index in [0.29, 0.717) is 43.1 Å². The summed E-state index contributed by atoms with van der Waals surface area (Å²) < 4.78 is 1.74. The van der Waals surface area contributed by atoms with Crippen molar-refractivity contribution in [3.8, 4) is 6.07 Å². The van der Waals surface area contributed by atoms with Crippen LogP contribution in [-0.2, 0) is 6.42 Å². The number of carbonyl (C=O) groups excluding carboxylic acids is 1. The molecule has 1 amide bonds. The van der Waals surface area contributed by atoms with Crippen molar-refractivity contribution < 1.29 is 4.79 Å². The molecule has 3 aromatic rings. The number of anilines is 1. The van der Waals surface area contributed by atoms with Crippen LogP contribution in [0, 0.1) is 11.3 Å². The lowest BCUT2D eigenvalue weighted by Gasteiger charge is -2.36. The van der Waals surface area contributed by atoms with Crippen LogP contribution in [0.15, 0.2) is 36.7 Å². The summed E-state index contributed by atoms with van der Waals surface area (Å²) in [4.78, 5) is 25.5. The molecule has 3 heterocycles. The monoisotopic (exact) mass is 361 g/mol. The van der Waals surface area contributed by atoms with Crippen molar-refractivity contribution in [2.45, 2.75) is 13.3 Å². The predicted octanol–water partition coefficient (Wildman–Crippen LogP) is 1.52. The number of aromatic nitrogens is 4. The van der Waals surface area contributed by atoms with Crippen molar-refractivity contribution in [3.05, 3.63) is 53.5 Å². The Balaban J connectivity index is 1.52. The number of rotatable bonds is 3. The molecular formula is C19H19N7O. The molecule has 0 N–H and O–H groups in total. The first-order valence-electron chi connectivity index (χ1n) is 8.93. The highest BCUT2D eigenvalue weighted by molar-refractivity contribution is 5.94. The standard InChI is InChI=1S/C19H19N7O/c1-2-16-11-17(26-19(23-16)21-13-22-26)24-6-8-25(9-7-24)18(27)15-5-3-4-14(10-15)12-20/h3-5,10-11,13H,2,6-9H2,1H3. The van der Waals surface area contributed by atoms with Crippen molar-refractivity contribution in [1.82, 2.24) is 24.5 Å². The summed E-state index contributed by atoms with van der Waals surface area (Å²) in [5.41, 5.74) is 2.02. The zero-order valence-corrected chi connectivity index (χ0v) is 15.0. The van der Waals surface area contributed by atoms with Gasteiger partial charge in [-0.15, -0.1) is 0 Å². The van der Waals surface area contributed by atoms with Gasteiger partial charge in [0.25, 0.3) is 11.7 Å². The van der Waals surface area contributed by atoms with Gasteiger partial charge in [-0.3, -0.25) is 4.79 Å². The molecule has 0 spiro atoms. The maximum absolute atomic E-state index is 12.7. The molecule has 136 valence electrons. The fraction of sp³-hybridized carbons (Fsp3) is 0.316. The van der Waals surface area contributed by atoms with Crippen molar-refractivity contribution in [1.29, 1.82) is 5.26 Å². The minimum absolute atomic E-state index is 0.0402. The van der Waals surface area contributed by atoms with Crippen LogP contribution in [-0.4, -0.2) is 56.6 Å². The van der Waals surface area contributed by atoms with Crippen molar-refractivity contribution in [3.63, 3.8) is 0 Å². The van der Waals surface area contributed by atoms with Gasteiger partial charge in [-0.2, -0.15) is 19.9 Å². The zero-order valence-electron chi connectivity index (χ0n) is 15.0. The lowest BCUT2D eigenvalue weighted by molar-refractivity contribution is 0.0746. The highest BCUT2D eigenvalue weighted by Gasteiger charge is 2.24. The zero-order chi connectivity index (χ0) is 18.8. The summed E-state index contributed by atoms with van der Waals surface area (Å²) in [6, 6.07) is 11.0. The number of amides is 1. The summed E-state index contributed by atoms with van der Waals surface area (Å²) in [6.07, 6.45) is 2.33. The Kier molecular flexibility index (Phi) is 4.42. The van der Waals surface area contributed by atoms with E-state index in [1.165, 1.54) is 6.33 Å². The lowest BCUT2D eigenvalue weighted by atomic mass is 10.1. The molecule has 1 aliphatic heterocycles. The third kappa shape index (κ3) is 3.19. The average molecular weight is 361 g/mol. The topological polar surface area (TPSA) is 90.4 Å². The second kappa shape index (κ2) is 7.03. The van der Waals surface area contributed by atoms with E-state index in [9.17, 15) is 4.79 Å². The van der Waals surface area contributed by atoms with Crippen molar-refractivity contribution in [2.75, 3.05) is 31.1 Å². The molecule has 1 aromatic carbocycles. The van der Waals surface area contributed by atoms with Gasteiger partial charge in [0.1, 0.15) is 12.1 Å². The van der Waals surface area contributed by atoms with E-state index in [1.54, 1.807) is 28.8 Å². The molecular weight excluding hydrogens is 342 g/mol. The second-order valence-electron chi connectivity index (χ2n) is 6.40. The first-order chi connectivity index (χ1) is 13.2. The van der Waals surface area contributed by atoms with Crippen LogP contribution in [0.25, 0.3) is 5.78 Å². The SMILES string of the molecule is CCc1cc(N2CCN(C(=O)c3cccc(C#N)c3)CC2)n2ncnc2n1. The number of nitriles is 1. The van der Waals surface area contributed by atoms with Crippen LogP contribution in [0.1, 0.15) is 28.5 Å². The number of hydrogen-bond acceptors (Lipinski definition) is 6. The Labute approximate surface area is 156 Å². The second-order valence-corrected chi connectivity index (χ2v) is 6.40. The van der Waals surface area contributed by atoms with Crippen LogP contribution in [0.4, 0.5) is 5.82 Å². The van der Waals surface area contributed by atoms with Crippen molar-refractivity contribution in [2.24, 2.45) is 0 Å². The Morgan fingerprint density at radius 1 is 1.22 bits per heavy atom. The predicted molar refractivity (Wildman–Crippen MR) is 99.4 cm³/mol. The number of fused-ring (bicyclic) bond motifs is 1. The Morgan fingerprint density at radius 3 is 2.78 bits per heavy atom. The van der Waals surface area contributed by atoms with Gasteiger partial charge in [0.05, 0.1) is 11.6 Å². The number of nitrogens with zero attached hydrogens (tertiary/aromatic N) is 7. The third-order valence-electron chi connectivity index (χ3n) is 4.78. The van der Waals surface area contributed by atoms with Gasteiger partial charge in [0.2, 0.25) is 0 Å². The summed E-state index contributed by atoms with van der Waals surface area (Å²) in [6.45, 7) is 4.67. The van der Waals surface area contributed by atoms with Crippen LogP contribution < -0.4 is 4.90 Å². The maximum Gasteiger partial charge on any atom is 0.254 e. The summed E-state index contributed by atoms with van der Waals surface area (Å²) in [5.74, 6) is 1.51. The lowest BCUT2D eigenvalue weighted by Crippen LogP contribution is -2.49. The average Bonchev–Trinajstić information content (AvgIpc) is 3.21. The quantitative estimate of drug-likeness (QED) is 0.702. The number of benzene rings is 1. The van der Waals surface area contributed by atoms with E-state index >= 15 is 0 Å². The van der Waals surface area contributed by atoms with E-state index in [-0.39, 0.29) is 5.91 Å². The molecule has 8 nitrogen and oxygen atoms in total. The maximum atomic E-state index is 12.7. The van der Waals surface area contributed by atoms with E-state index in [2.05, 4.69) is 33.0 Å². The molecule has 4 rings (SSSR count). The largest absolute Gasteiger partial charge is 0.353 e. The first-order valence-corrected chi connectivity index (χ1v) is 8.93. The Hall–Kier alpha value is -3.47. The van der Waals surface area contributed by atoms with Gasteiger partial charge in [-0.1, -0.05) is 13.0 Å². The number of hydrogen-bond donors (Lipinski definition) is 0. The molecule has 0 atom stereocenters. The first kappa shape index (κ1) is 17.0. The Bertz CT molecular complexity index is 1030. The highest BCUT2D eigenvalue weighted by atomic mass is 16.2. The summed E-state index contributed by atoms with van der Waals surface area (Å²) in [7, 11) is 0. The molecule has 0 bridgehead atoms. The molecule has 1 aliphatic rings. The minimum Gasteiger partial charge on any atom is -0.353 e. The molecule has 0 radical (unpaired) electrons. The molecule has 0 aliphatic carbocycles. The molecule has 1 fully saturated rings. The van der Waals surface area contributed by atoms with Crippen LogP contribution >= 0.6 is 0 Å². The van der Waals surface area contributed by atoms with E-state index in [0.717, 1.165) is 17.9 Å². The molecule has 8 heteroatoms. The number of carbonyl (C=O) groups is 1. The molecule has 2 aromatic heterocycles. The van der Waals surface area contributed by atoms with E-state index in [4.69, 9.17) is 5.26 Å². The fourth-order valence-electron chi connectivity index (χ4n) is 3.29. The van der Waals surface area contributed by atoms with Gasteiger partial charge in [0, 0.05) is 43.5 Å². The van der Waals surface area contributed by atoms with Gasteiger partial charge in [-0.25, -0.2) is 4.98 Å². The molecule has 27 heavy (non-hydrogen) atoms. The van der Waals surface area contributed by atoms with Crippen molar-refractivity contribution >= 4 is 17.5 Å². The fourth-order valence-corrected chi connectivity index (χ4v) is 3.29. The summed E-state index contributed by atoms with van der Waals surface area (Å²) >= 11 is 0. The molecule has 1 saturated heterocycles. The molecule has 0 unspecified atom stereocenters. The summed E-state index contributed by atoms with van der Waals surface area (Å²) in [5, 5.41) is 13.3. The smallest absolute Gasteiger partial charge is 0.254 e. The molecule has 0 saturated carbocycles. The van der Waals surface area contributed by atoms with Gasteiger partial charge >= 0.3 is 0 Å². The number of piperazine rings is 1. The van der Waals surface area contributed by atoms with Gasteiger partial charge in [-0.05, 0) is 24.6 Å². The number of aryl methyl sites for hydroxylation is 1. The van der Waals surface area contributed by atoms with Crippen LogP contribution in [0.3, 0.4) is 0 Å². The Morgan fingerprint density at radius 2 is 2.04 bits per heavy atom. The van der Waals surface area contributed by atoms with Crippen LogP contribution in [0.5, 0.6) is 0 Å². The third-order valence-corrected chi connectivity index (χ3v) is 4.78. The van der Waals surface area contributed by atoms with Gasteiger partial charge in [0.15, 0.2) is 0 Å². The van der Waals surface area contributed by atoms with Crippen LogP contribution in [0.2, 0.25) is 0 Å². The van der Waals surface area contributed by atoms with E-state index in [1.807, 2.05) is 11.0 Å². The highest BCUT2D eigenvalue weighted by Crippen LogP contribution is 2.19. The minimum atomic E-state index is -0.0402.